The average Bonchev–Trinajstić information content (AvgIpc) is 3.06. The summed E-state index contributed by atoms with van der Waals surface area (Å²) in [6.45, 7) is 0. The molecule has 0 radical (unpaired) electrons. The second kappa shape index (κ2) is 11.9. The number of nitrogen functional groups attached to an aromatic ring is 2. The molecule has 212 valence electrons. The van der Waals surface area contributed by atoms with Crippen molar-refractivity contribution in [3.63, 3.8) is 0 Å². The Kier molecular flexibility index (Phi) is 7.35. The van der Waals surface area contributed by atoms with Crippen LogP contribution in [0.15, 0.2) is 140 Å². The lowest BCUT2D eigenvalue weighted by Gasteiger charge is -2.09. The van der Waals surface area contributed by atoms with Crippen LogP contribution in [0.2, 0.25) is 0 Å². The first kappa shape index (κ1) is 27.2. The van der Waals surface area contributed by atoms with E-state index < -0.39 is 0 Å². The van der Waals surface area contributed by atoms with Crippen molar-refractivity contribution in [1.29, 1.82) is 0 Å². The van der Waals surface area contributed by atoms with Crippen molar-refractivity contribution in [3.05, 3.63) is 162 Å². The second-order valence-electron chi connectivity index (χ2n) is 11.3. The zero-order chi connectivity index (χ0) is 29.9. The molecule has 44 heavy (non-hydrogen) atoms. The molecule has 0 bridgehead atoms. The number of para-hydroxylation sites is 1. The summed E-state index contributed by atoms with van der Waals surface area (Å²) in [5, 5.41) is 4.81. The molecule has 4 N–H and O–H groups in total. The van der Waals surface area contributed by atoms with E-state index in [4.69, 9.17) is 16.5 Å². The van der Waals surface area contributed by atoms with Crippen molar-refractivity contribution in [1.82, 2.24) is 4.98 Å². The maximum Gasteiger partial charge on any atom is 0.0710 e. The summed E-state index contributed by atoms with van der Waals surface area (Å²) in [4.78, 5) is 4.82. The van der Waals surface area contributed by atoms with Crippen LogP contribution in [-0.4, -0.2) is 4.98 Å². The lowest BCUT2D eigenvalue weighted by atomic mass is 9.99. The van der Waals surface area contributed by atoms with E-state index in [0.29, 0.717) is 11.4 Å². The highest BCUT2D eigenvalue weighted by molar-refractivity contribution is 5.94. The average molecular weight is 568 g/mol. The number of rotatable bonds is 7. The SMILES string of the molecule is Nc1c(/C=C\Cc2cccc(-c3ccc4nc5ccccc5cc4c3)c2)ccc(/C=C\Cc2ccc3ccccc3c2)c1N. The van der Waals surface area contributed by atoms with Crippen molar-refractivity contribution < 1.29 is 0 Å². The van der Waals surface area contributed by atoms with Gasteiger partial charge in [0.15, 0.2) is 0 Å². The second-order valence-corrected chi connectivity index (χ2v) is 11.3. The van der Waals surface area contributed by atoms with Crippen LogP contribution in [0.5, 0.6) is 0 Å². The van der Waals surface area contributed by atoms with Crippen LogP contribution in [0.4, 0.5) is 11.4 Å². The molecule has 0 saturated carbocycles. The molecule has 7 aromatic rings. The molecule has 1 heterocycles. The Morgan fingerprint density at radius 3 is 1.86 bits per heavy atom. The minimum absolute atomic E-state index is 0.611. The van der Waals surface area contributed by atoms with E-state index in [2.05, 4.69) is 133 Å². The minimum Gasteiger partial charge on any atom is -0.397 e. The first-order valence-electron chi connectivity index (χ1n) is 15.0. The number of benzene rings is 6. The molecule has 3 nitrogen and oxygen atoms in total. The van der Waals surface area contributed by atoms with Gasteiger partial charge in [0, 0.05) is 10.8 Å². The highest BCUT2D eigenvalue weighted by Crippen LogP contribution is 2.29. The van der Waals surface area contributed by atoms with Crippen LogP contribution in [-0.2, 0) is 12.8 Å². The summed E-state index contributed by atoms with van der Waals surface area (Å²) >= 11 is 0. The van der Waals surface area contributed by atoms with Crippen LogP contribution < -0.4 is 11.5 Å². The third kappa shape index (κ3) is 5.68. The molecule has 6 aromatic carbocycles. The zero-order valence-corrected chi connectivity index (χ0v) is 24.4. The van der Waals surface area contributed by atoms with Gasteiger partial charge in [0.1, 0.15) is 0 Å². The number of allylic oxidation sites excluding steroid dienone is 2. The molecule has 0 aliphatic heterocycles. The lowest BCUT2D eigenvalue weighted by Crippen LogP contribution is -1.99. The van der Waals surface area contributed by atoms with Crippen molar-refractivity contribution in [2.75, 3.05) is 11.5 Å². The number of nitrogens with zero attached hydrogens (tertiary/aromatic N) is 1. The summed E-state index contributed by atoms with van der Waals surface area (Å²) in [7, 11) is 0. The molecule has 0 saturated heterocycles. The molecule has 0 aliphatic carbocycles. The third-order valence-electron chi connectivity index (χ3n) is 8.25. The number of pyridine rings is 1. The van der Waals surface area contributed by atoms with Gasteiger partial charge in [0.25, 0.3) is 0 Å². The minimum atomic E-state index is 0.611. The summed E-state index contributed by atoms with van der Waals surface area (Å²) in [5.74, 6) is 0. The fourth-order valence-electron chi connectivity index (χ4n) is 5.81. The van der Waals surface area contributed by atoms with Gasteiger partial charge in [-0.1, -0.05) is 127 Å². The number of anilines is 2. The fraction of sp³-hybridized carbons (Fsp3) is 0.0488. The highest BCUT2D eigenvalue weighted by atomic mass is 14.7. The number of hydrogen-bond acceptors (Lipinski definition) is 3. The van der Waals surface area contributed by atoms with Crippen LogP contribution in [0.25, 0.3) is 55.9 Å². The van der Waals surface area contributed by atoms with E-state index in [1.165, 1.54) is 33.0 Å². The fourth-order valence-corrected chi connectivity index (χ4v) is 5.81. The van der Waals surface area contributed by atoms with Crippen LogP contribution in [0.1, 0.15) is 22.3 Å². The Balaban J connectivity index is 1.04. The van der Waals surface area contributed by atoms with Crippen LogP contribution in [0.3, 0.4) is 0 Å². The van der Waals surface area contributed by atoms with Gasteiger partial charge in [0.2, 0.25) is 0 Å². The topological polar surface area (TPSA) is 64.9 Å². The van der Waals surface area contributed by atoms with Crippen molar-refractivity contribution in [3.8, 4) is 11.1 Å². The van der Waals surface area contributed by atoms with Gasteiger partial charge in [0.05, 0.1) is 22.4 Å². The predicted molar refractivity (Wildman–Crippen MR) is 189 cm³/mol. The number of aromatic nitrogens is 1. The quantitative estimate of drug-likeness (QED) is 0.149. The van der Waals surface area contributed by atoms with E-state index >= 15 is 0 Å². The third-order valence-corrected chi connectivity index (χ3v) is 8.25. The zero-order valence-electron chi connectivity index (χ0n) is 24.4. The number of nitrogens with two attached hydrogens (primary N) is 2. The Hall–Kier alpha value is -5.67. The molecular weight excluding hydrogens is 534 g/mol. The molecule has 7 rings (SSSR count). The predicted octanol–water partition coefficient (Wildman–Crippen LogP) is 9.88. The molecule has 3 heteroatoms. The van der Waals surface area contributed by atoms with Gasteiger partial charge in [-0.2, -0.15) is 0 Å². The normalized spacial score (nSPS) is 11.8. The van der Waals surface area contributed by atoms with E-state index in [1.807, 2.05) is 18.2 Å². The smallest absolute Gasteiger partial charge is 0.0710 e. The Morgan fingerprint density at radius 1 is 0.455 bits per heavy atom. The van der Waals surface area contributed by atoms with E-state index in [0.717, 1.165) is 45.8 Å². The lowest BCUT2D eigenvalue weighted by molar-refractivity contribution is 1.28. The molecule has 0 fully saturated rings. The molecule has 0 atom stereocenters. The highest BCUT2D eigenvalue weighted by Gasteiger charge is 2.06. The first-order chi connectivity index (χ1) is 21.6. The van der Waals surface area contributed by atoms with Crippen molar-refractivity contribution >= 4 is 56.1 Å². The van der Waals surface area contributed by atoms with Gasteiger partial charge >= 0.3 is 0 Å². The van der Waals surface area contributed by atoms with Crippen LogP contribution >= 0.6 is 0 Å². The first-order valence-corrected chi connectivity index (χ1v) is 15.0. The van der Waals surface area contributed by atoms with E-state index in [9.17, 15) is 0 Å². The van der Waals surface area contributed by atoms with Crippen LogP contribution in [0, 0.1) is 0 Å². The van der Waals surface area contributed by atoms with Crippen molar-refractivity contribution in [2.45, 2.75) is 12.8 Å². The maximum absolute atomic E-state index is 6.47. The van der Waals surface area contributed by atoms with E-state index in [-0.39, 0.29) is 0 Å². The standard InChI is InChI=1S/C41H33N3/c42-40-31(20-21-32(41(40)43)15-6-10-29-18-19-30-11-1-2-12-33(30)25-29)14-5-8-28-9-7-16-34(24-28)35-22-23-39-37(26-35)27-36-13-3-4-17-38(36)44-39/h1-7,9,11-27H,8,10,42-43H2/b14-5-,15-6-. The molecule has 0 aliphatic rings. The Labute approximate surface area is 257 Å². The van der Waals surface area contributed by atoms with Gasteiger partial charge in [-0.15, -0.1) is 0 Å². The Morgan fingerprint density at radius 2 is 1.09 bits per heavy atom. The van der Waals surface area contributed by atoms with Crippen molar-refractivity contribution in [2.24, 2.45) is 0 Å². The molecule has 0 unspecified atom stereocenters. The molecular formula is C41H33N3. The van der Waals surface area contributed by atoms with Gasteiger partial charge in [-0.25, -0.2) is 4.98 Å². The van der Waals surface area contributed by atoms with E-state index in [1.54, 1.807) is 0 Å². The molecule has 0 amide bonds. The largest absolute Gasteiger partial charge is 0.397 e. The summed E-state index contributed by atoms with van der Waals surface area (Å²) < 4.78 is 0. The molecule has 0 spiro atoms. The van der Waals surface area contributed by atoms with Gasteiger partial charge in [-0.05, 0) is 81.3 Å². The maximum atomic E-state index is 6.47. The van der Waals surface area contributed by atoms with Gasteiger partial charge < -0.3 is 11.5 Å². The monoisotopic (exact) mass is 567 g/mol. The Bertz CT molecular complexity index is 2210. The number of hydrogen-bond donors (Lipinski definition) is 2. The number of fused-ring (bicyclic) bond motifs is 3. The summed E-state index contributed by atoms with van der Waals surface area (Å²) in [6, 6.07) is 44.7. The summed E-state index contributed by atoms with van der Waals surface area (Å²) in [6.07, 6.45) is 10.0. The molecule has 1 aromatic heterocycles. The summed E-state index contributed by atoms with van der Waals surface area (Å²) in [5.41, 5.74) is 22.9. The van der Waals surface area contributed by atoms with Gasteiger partial charge in [-0.3, -0.25) is 0 Å².